The molecule has 25 heavy (non-hydrogen) atoms. The molecule has 1 aromatic carbocycles. The zero-order chi connectivity index (χ0) is 18.6. The van der Waals surface area contributed by atoms with Crippen molar-refractivity contribution in [2.24, 2.45) is 11.3 Å². The molecular weight excluding hydrogens is 316 g/mol. The first-order valence-corrected chi connectivity index (χ1v) is 9.19. The molecule has 2 aliphatic carbocycles. The maximum atomic E-state index is 13.0. The lowest BCUT2D eigenvalue weighted by Gasteiger charge is -2.56. The molecule has 0 radical (unpaired) electrons. The lowest BCUT2D eigenvalue weighted by molar-refractivity contribution is -0.144. The third-order valence-corrected chi connectivity index (χ3v) is 6.61. The first-order valence-electron chi connectivity index (χ1n) is 9.19. The van der Waals surface area contributed by atoms with Gasteiger partial charge < -0.3 is 10.2 Å². The molecule has 1 saturated carbocycles. The van der Waals surface area contributed by atoms with E-state index in [1.165, 1.54) is 0 Å². The van der Waals surface area contributed by atoms with Crippen molar-refractivity contribution in [1.82, 2.24) is 0 Å². The Bertz CT molecular complexity index is 723. The normalized spacial score (nSPS) is 34.6. The van der Waals surface area contributed by atoms with Crippen LogP contribution < -0.4 is 0 Å². The zero-order valence-corrected chi connectivity index (χ0v) is 15.5. The Labute approximate surface area is 149 Å². The number of carboxylic acid groups (broad SMARTS) is 1. The molecule has 2 aliphatic rings. The summed E-state index contributed by atoms with van der Waals surface area (Å²) in [5.74, 6) is -1.18. The number of hydrogen-bond acceptors (Lipinski definition) is 3. The van der Waals surface area contributed by atoms with Crippen LogP contribution in [-0.4, -0.2) is 28.1 Å². The maximum Gasteiger partial charge on any atom is 0.303 e. The number of aliphatic carboxylic acids is 1. The highest BCUT2D eigenvalue weighted by Gasteiger charge is 2.58. The molecule has 4 heteroatoms. The summed E-state index contributed by atoms with van der Waals surface area (Å²) in [6, 6.07) is 6.03. The van der Waals surface area contributed by atoms with Gasteiger partial charge in [-0.2, -0.15) is 0 Å². The van der Waals surface area contributed by atoms with E-state index in [2.05, 4.69) is 26.8 Å². The van der Waals surface area contributed by atoms with Gasteiger partial charge in [-0.05, 0) is 46.8 Å². The first kappa shape index (κ1) is 18.1. The molecule has 0 bridgehead atoms. The molecule has 0 spiro atoms. The Hall–Kier alpha value is -1.68. The average molecular weight is 344 g/mol. The summed E-state index contributed by atoms with van der Waals surface area (Å²) >= 11 is 0. The summed E-state index contributed by atoms with van der Waals surface area (Å²) in [5.41, 5.74) is 1.74. The van der Waals surface area contributed by atoms with E-state index < -0.39 is 17.5 Å². The second-order valence-corrected chi connectivity index (χ2v) is 8.74. The number of carboxylic acids is 1. The van der Waals surface area contributed by atoms with Gasteiger partial charge in [-0.15, -0.1) is 0 Å². The first-order chi connectivity index (χ1) is 11.6. The van der Waals surface area contributed by atoms with Gasteiger partial charge >= 0.3 is 5.97 Å². The van der Waals surface area contributed by atoms with Gasteiger partial charge in [0.25, 0.3) is 0 Å². The van der Waals surface area contributed by atoms with Crippen molar-refractivity contribution in [2.75, 3.05) is 0 Å². The zero-order valence-electron chi connectivity index (χ0n) is 15.5. The van der Waals surface area contributed by atoms with Crippen LogP contribution in [-0.2, 0) is 10.2 Å². The van der Waals surface area contributed by atoms with Crippen LogP contribution in [0.25, 0.3) is 0 Å². The van der Waals surface area contributed by atoms with Crippen molar-refractivity contribution in [3.63, 3.8) is 0 Å². The molecule has 3 rings (SSSR count). The molecule has 0 amide bonds. The molecule has 1 aromatic rings. The van der Waals surface area contributed by atoms with Crippen LogP contribution in [0.1, 0.15) is 80.8 Å². The average Bonchev–Trinajstić information content (AvgIpc) is 2.51. The maximum absolute atomic E-state index is 13.0. The number of rotatable bonds is 3. The molecule has 1 fully saturated rings. The van der Waals surface area contributed by atoms with E-state index in [9.17, 15) is 19.8 Å². The van der Waals surface area contributed by atoms with Crippen molar-refractivity contribution in [2.45, 2.75) is 70.8 Å². The number of fused-ring (bicyclic) bond motifs is 3. The molecule has 1 unspecified atom stereocenters. The molecule has 0 aliphatic heterocycles. The number of hydrogen-bond donors (Lipinski definition) is 2. The third-order valence-electron chi connectivity index (χ3n) is 6.61. The predicted molar refractivity (Wildman–Crippen MR) is 95.9 cm³/mol. The van der Waals surface area contributed by atoms with Gasteiger partial charge in [-0.1, -0.05) is 46.2 Å². The predicted octanol–water partition coefficient (Wildman–Crippen LogP) is 3.91. The monoisotopic (exact) mass is 344 g/mol. The molecule has 0 saturated heterocycles. The van der Waals surface area contributed by atoms with Crippen LogP contribution in [0, 0.1) is 11.3 Å². The summed E-state index contributed by atoms with van der Waals surface area (Å²) in [4.78, 5) is 24.4. The number of ketones is 1. The van der Waals surface area contributed by atoms with Crippen LogP contribution in [0.2, 0.25) is 0 Å². The van der Waals surface area contributed by atoms with Gasteiger partial charge in [-0.3, -0.25) is 9.59 Å². The van der Waals surface area contributed by atoms with E-state index in [0.717, 1.165) is 30.4 Å². The van der Waals surface area contributed by atoms with E-state index in [1.54, 1.807) is 0 Å². The fourth-order valence-electron chi connectivity index (χ4n) is 5.45. The number of benzene rings is 1. The Balaban J connectivity index is 2.17. The van der Waals surface area contributed by atoms with Gasteiger partial charge in [0.15, 0.2) is 5.78 Å². The quantitative estimate of drug-likeness (QED) is 0.872. The van der Waals surface area contributed by atoms with Gasteiger partial charge in [0, 0.05) is 11.5 Å². The van der Waals surface area contributed by atoms with E-state index in [1.807, 2.05) is 19.1 Å². The van der Waals surface area contributed by atoms with Crippen molar-refractivity contribution in [1.29, 1.82) is 0 Å². The molecular formula is C21H28O4. The molecule has 136 valence electrons. The number of Topliss-reactive ketones (excluding diaryl/α,β-unsaturated/α-hetero) is 1. The van der Waals surface area contributed by atoms with Crippen LogP contribution >= 0.6 is 0 Å². The number of carbonyl (C=O) groups excluding carboxylic acids is 1. The van der Waals surface area contributed by atoms with Crippen LogP contribution in [0.5, 0.6) is 0 Å². The highest BCUT2D eigenvalue weighted by Crippen LogP contribution is 2.58. The molecule has 4 atom stereocenters. The van der Waals surface area contributed by atoms with E-state index in [4.69, 9.17) is 0 Å². The van der Waals surface area contributed by atoms with E-state index >= 15 is 0 Å². The summed E-state index contributed by atoms with van der Waals surface area (Å²) in [6.45, 7) is 8.19. The topological polar surface area (TPSA) is 74.6 Å². The molecule has 0 aromatic heterocycles. The highest BCUT2D eigenvalue weighted by atomic mass is 16.4. The van der Waals surface area contributed by atoms with Crippen molar-refractivity contribution >= 4 is 11.8 Å². The SMILES string of the molecule is CC(C)c1ccc2c(c1)C(=O)[C@H](O)C1[C@@](C)(CC(=O)O)CCC[C@]21C. The van der Waals surface area contributed by atoms with E-state index in [-0.39, 0.29) is 23.5 Å². The van der Waals surface area contributed by atoms with E-state index in [0.29, 0.717) is 11.5 Å². The Morgan fingerprint density at radius 2 is 1.96 bits per heavy atom. The van der Waals surface area contributed by atoms with Crippen LogP contribution in [0.3, 0.4) is 0 Å². The fourth-order valence-corrected chi connectivity index (χ4v) is 5.45. The molecule has 2 N–H and O–H groups in total. The lowest BCUT2D eigenvalue weighted by Crippen LogP contribution is -2.58. The van der Waals surface area contributed by atoms with Gasteiger partial charge in [0.05, 0.1) is 6.42 Å². The summed E-state index contributed by atoms with van der Waals surface area (Å²) < 4.78 is 0. The standard InChI is InChI=1S/C21H28O4/c1-12(2)13-6-7-15-14(10-13)17(24)18(25)19-20(3,11-16(22)23)8-5-9-21(15,19)4/h6-7,10,12,18-19,25H,5,8-9,11H2,1-4H3,(H,22,23)/t18-,19?,20+,21+/m0/s1. The van der Waals surface area contributed by atoms with Crippen LogP contribution in [0.4, 0.5) is 0 Å². The minimum absolute atomic E-state index is 0.0169. The summed E-state index contributed by atoms with van der Waals surface area (Å²) in [6.07, 6.45) is 1.35. The van der Waals surface area contributed by atoms with Gasteiger partial charge in [0.1, 0.15) is 6.10 Å². The van der Waals surface area contributed by atoms with Gasteiger partial charge in [-0.25, -0.2) is 0 Å². The summed E-state index contributed by atoms with van der Waals surface area (Å²) in [5, 5.41) is 20.3. The minimum atomic E-state index is -1.13. The number of aliphatic hydroxyl groups is 1. The largest absolute Gasteiger partial charge is 0.481 e. The number of carbonyl (C=O) groups is 2. The fraction of sp³-hybridized carbons (Fsp3) is 0.619. The second-order valence-electron chi connectivity index (χ2n) is 8.74. The highest BCUT2D eigenvalue weighted by molar-refractivity contribution is 6.03. The lowest BCUT2D eigenvalue weighted by atomic mass is 9.48. The molecule has 4 nitrogen and oxygen atoms in total. The van der Waals surface area contributed by atoms with Gasteiger partial charge in [0.2, 0.25) is 0 Å². The smallest absolute Gasteiger partial charge is 0.303 e. The Morgan fingerprint density at radius 3 is 2.56 bits per heavy atom. The minimum Gasteiger partial charge on any atom is -0.481 e. The van der Waals surface area contributed by atoms with Crippen molar-refractivity contribution in [3.05, 3.63) is 34.9 Å². The van der Waals surface area contributed by atoms with Crippen molar-refractivity contribution in [3.8, 4) is 0 Å². The number of aliphatic hydroxyl groups excluding tert-OH is 1. The van der Waals surface area contributed by atoms with Crippen LogP contribution in [0.15, 0.2) is 18.2 Å². The second kappa shape index (κ2) is 5.94. The third kappa shape index (κ3) is 2.71. The molecule has 0 heterocycles. The van der Waals surface area contributed by atoms with Crippen molar-refractivity contribution < 1.29 is 19.8 Å². The Kier molecular flexibility index (Phi) is 4.31. The summed E-state index contributed by atoms with van der Waals surface area (Å²) in [7, 11) is 0. The Morgan fingerprint density at radius 1 is 1.28 bits per heavy atom.